The Balaban J connectivity index is 2.16. The molecule has 0 aromatic heterocycles. The van der Waals surface area contributed by atoms with Gasteiger partial charge >= 0.3 is 0 Å². The molecule has 2 N–H and O–H groups in total. The number of hydrogen-bond donors (Lipinski definition) is 1. The summed E-state index contributed by atoms with van der Waals surface area (Å²) in [6, 6.07) is 13.1. The Labute approximate surface area is 122 Å². The van der Waals surface area contributed by atoms with Gasteiger partial charge in [0.25, 0.3) is 0 Å². The molecule has 0 aliphatic carbocycles. The third-order valence-corrected chi connectivity index (χ3v) is 3.79. The largest absolute Gasteiger partial charge is 0.377 e. The lowest BCUT2D eigenvalue weighted by molar-refractivity contribution is -0.121. The molecule has 3 rings (SSSR count). The van der Waals surface area contributed by atoms with Gasteiger partial charge in [0.05, 0.1) is 24.8 Å². The number of nitrogens with two attached hydrogens (primary N) is 1. The number of anilines is 1. The Hall–Kier alpha value is -2.58. The van der Waals surface area contributed by atoms with Gasteiger partial charge in [-0.3, -0.25) is 4.79 Å². The molecule has 1 aliphatic rings. The number of benzene rings is 2. The third kappa shape index (κ3) is 2.30. The summed E-state index contributed by atoms with van der Waals surface area (Å²) < 4.78 is 5.36. The first kappa shape index (κ1) is 13.4. The van der Waals surface area contributed by atoms with Crippen LogP contribution >= 0.6 is 0 Å². The van der Waals surface area contributed by atoms with Gasteiger partial charge in [-0.1, -0.05) is 24.3 Å². The Morgan fingerprint density at radius 3 is 2.76 bits per heavy atom. The average Bonchev–Trinajstić information content (AvgIpc) is 2.53. The summed E-state index contributed by atoms with van der Waals surface area (Å²) in [5.41, 5.74) is 7.02. The summed E-state index contributed by atoms with van der Waals surface area (Å²) >= 11 is 0. The summed E-state index contributed by atoms with van der Waals surface area (Å²) in [5.74, 6) is -0.400. The van der Waals surface area contributed by atoms with Crippen LogP contribution in [0, 0.1) is 11.3 Å². The summed E-state index contributed by atoms with van der Waals surface area (Å²) in [6.45, 7) is 1.45. The Morgan fingerprint density at radius 1 is 1.29 bits per heavy atom. The van der Waals surface area contributed by atoms with Crippen molar-refractivity contribution in [1.82, 2.24) is 0 Å². The summed E-state index contributed by atoms with van der Waals surface area (Å²) in [5, 5.41) is 11.0. The SMILES string of the molecule is N#Cc1ccc(N2CCOCC2C(N)=O)c2ccccc12. The van der Waals surface area contributed by atoms with E-state index in [-0.39, 0.29) is 0 Å². The molecule has 2 aromatic rings. The van der Waals surface area contributed by atoms with Crippen LogP contribution in [-0.2, 0) is 9.53 Å². The highest BCUT2D eigenvalue weighted by Crippen LogP contribution is 2.31. The van der Waals surface area contributed by atoms with Crippen LogP contribution in [0.4, 0.5) is 5.69 Å². The molecule has 21 heavy (non-hydrogen) atoms. The fourth-order valence-electron chi connectivity index (χ4n) is 2.76. The number of morpholine rings is 1. The summed E-state index contributed by atoms with van der Waals surface area (Å²) in [7, 11) is 0. The molecule has 0 bridgehead atoms. The van der Waals surface area contributed by atoms with E-state index in [1.54, 1.807) is 6.07 Å². The number of carbonyl (C=O) groups is 1. The van der Waals surface area contributed by atoms with Gasteiger partial charge in [-0.05, 0) is 12.1 Å². The zero-order chi connectivity index (χ0) is 14.8. The van der Waals surface area contributed by atoms with Crippen molar-refractivity contribution in [2.45, 2.75) is 6.04 Å². The van der Waals surface area contributed by atoms with Crippen LogP contribution in [0.3, 0.4) is 0 Å². The predicted octanol–water partition coefficient (Wildman–Crippen LogP) is 1.40. The van der Waals surface area contributed by atoms with E-state index >= 15 is 0 Å². The van der Waals surface area contributed by atoms with E-state index in [2.05, 4.69) is 6.07 Å². The van der Waals surface area contributed by atoms with E-state index in [9.17, 15) is 10.1 Å². The van der Waals surface area contributed by atoms with Crippen molar-refractivity contribution in [1.29, 1.82) is 5.26 Å². The van der Waals surface area contributed by atoms with Crippen molar-refractivity contribution < 1.29 is 9.53 Å². The van der Waals surface area contributed by atoms with Gasteiger partial charge < -0.3 is 15.4 Å². The summed E-state index contributed by atoms with van der Waals surface area (Å²) in [4.78, 5) is 13.6. The highest BCUT2D eigenvalue weighted by molar-refractivity contribution is 5.99. The molecule has 1 heterocycles. The van der Waals surface area contributed by atoms with Crippen molar-refractivity contribution >= 4 is 22.4 Å². The van der Waals surface area contributed by atoms with E-state index in [4.69, 9.17) is 10.5 Å². The average molecular weight is 281 g/mol. The van der Waals surface area contributed by atoms with Crippen molar-refractivity contribution in [2.75, 3.05) is 24.7 Å². The number of nitrogens with zero attached hydrogens (tertiary/aromatic N) is 2. The van der Waals surface area contributed by atoms with Gasteiger partial charge in [0.15, 0.2) is 0 Å². The number of fused-ring (bicyclic) bond motifs is 1. The second kappa shape index (κ2) is 5.43. The minimum atomic E-state index is -0.477. The van der Waals surface area contributed by atoms with Crippen LogP contribution < -0.4 is 10.6 Å². The number of rotatable bonds is 2. The standard InChI is InChI=1S/C16H15N3O2/c17-9-11-5-6-14(13-4-2-1-3-12(11)13)19-7-8-21-10-15(19)16(18)20/h1-6,15H,7-8,10H2,(H2,18,20). The van der Waals surface area contributed by atoms with Gasteiger partial charge in [0, 0.05) is 23.0 Å². The van der Waals surface area contributed by atoms with Crippen molar-refractivity contribution in [3.63, 3.8) is 0 Å². The molecule has 0 saturated carbocycles. The molecule has 0 radical (unpaired) electrons. The van der Waals surface area contributed by atoms with Gasteiger partial charge in [-0.15, -0.1) is 0 Å². The van der Waals surface area contributed by atoms with E-state index in [0.717, 1.165) is 16.5 Å². The molecule has 106 valence electrons. The fraction of sp³-hybridized carbons (Fsp3) is 0.250. The maximum Gasteiger partial charge on any atom is 0.242 e. The Morgan fingerprint density at radius 2 is 2.05 bits per heavy atom. The van der Waals surface area contributed by atoms with Gasteiger partial charge in [0.1, 0.15) is 6.04 Å². The lowest BCUT2D eigenvalue weighted by Gasteiger charge is -2.36. The van der Waals surface area contributed by atoms with Crippen LogP contribution in [0.5, 0.6) is 0 Å². The van der Waals surface area contributed by atoms with Crippen molar-refractivity contribution in [3.8, 4) is 6.07 Å². The number of ether oxygens (including phenoxy) is 1. The number of carbonyl (C=O) groups excluding carboxylic acids is 1. The number of hydrogen-bond acceptors (Lipinski definition) is 4. The molecular weight excluding hydrogens is 266 g/mol. The molecule has 5 nitrogen and oxygen atoms in total. The van der Waals surface area contributed by atoms with Crippen LogP contribution in [0.15, 0.2) is 36.4 Å². The second-order valence-corrected chi connectivity index (χ2v) is 4.98. The maximum atomic E-state index is 11.6. The third-order valence-electron chi connectivity index (χ3n) is 3.79. The molecule has 1 aliphatic heterocycles. The minimum Gasteiger partial charge on any atom is -0.377 e. The van der Waals surface area contributed by atoms with E-state index in [1.165, 1.54) is 0 Å². The molecule has 0 spiro atoms. The topological polar surface area (TPSA) is 79.3 Å². The fourth-order valence-corrected chi connectivity index (χ4v) is 2.76. The Kier molecular flexibility index (Phi) is 3.46. The van der Waals surface area contributed by atoms with Crippen LogP contribution in [0.2, 0.25) is 0 Å². The highest BCUT2D eigenvalue weighted by Gasteiger charge is 2.29. The van der Waals surface area contributed by atoms with E-state index in [1.807, 2.05) is 35.2 Å². The maximum absolute atomic E-state index is 11.6. The van der Waals surface area contributed by atoms with Gasteiger partial charge in [0.2, 0.25) is 5.91 Å². The minimum absolute atomic E-state index is 0.295. The summed E-state index contributed by atoms with van der Waals surface area (Å²) in [6.07, 6.45) is 0. The quantitative estimate of drug-likeness (QED) is 0.902. The van der Waals surface area contributed by atoms with Gasteiger partial charge in [-0.25, -0.2) is 0 Å². The monoisotopic (exact) mass is 281 g/mol. The lowest BCUT2D eigenvalue weighted by Crippen LogP contribution is -2.52. The number of nitriles is 1. The molecule has 1 amide bonds. The molecule has 2 aromatic carbocycles. The predicted molar refractivity (Wildman–Crippen MR) is 79.8 cm³/mol. The van der Waals surface area contributed by atoms with Crippen LogP contribution in [-0.4, -0.2) is 31.7 Å². The molecule has 1 fully saturated rings. The van der Waals surface area contributed by atoms with E-state index < -0.39 is 11.9 Å². The molecular formula is C16H15N3O2. The normalized spacial score (nSPS) is 18.4. The molecule has 1 atom stereocenters. The first-order chi connectivity index (χ1) is 10.2. The van der Waals surface area contributed by atoms with Crippen molar-refractivity contribution in [2.24, 2.45) is 5.73 Å². The number of primary amides is 1. The van der Waals surface area contributed by atoms with Gasteiger partial charge in [-0.2, -0.15) is 5.26 Å². The first-order valence-electron chi connectivity index (χ1n) is 6.78. The lowest BCUT2D eigenvalue weighted by atomic mass is 10.0. The molecule has 5 heteroatoms. The smallest absolute Gasteiger partial charge is 0.242 e. The van der Waals surface area contributed by atoms with Crippen LogP contribution in [0.1, 0.15) is 5.56 Å². The van der Waals surface area contributed by atoms with Crippen molar-refractivity contribution in [3.05, 3.63) is 42.0 Å². The second-order valence-electron chi connectivity index (χ2n) is 4.98. The molecule has 1 unspecified atom stereocenters. The highest BCUT2D eigenvalue weighted by atomic mass is 16.5. The van der Waals surface area contributed by atoms with E-state index in [0.29, 0.717) is 25.3 Å². The first-order valence-corrected chi connectivity index (χ1v) is 6.78. The zero-order valence-electron chi connectivity index (χ0n) is 11.5. The van der Waals surface area contributed by atoms with Crippen LogP contribution in [0.25, 0.3) is 10.8 Å². The molecule has 1 saturated heterocycles. The number of amides is 1. The zero-order valence-corrected chi connectivity index (χ0v) is 11.5. The Bertz CT molecular complexity index is 736.